The van der Waals surface area contributed by atoms with Crippen molar-refractivity contribution in [2.45, 2.75) is 0 Å². The molecule has 4 rings (SSSR count). The molecule has 0 atom stereocenters. The predicted octanol–water partition coefficient (Wildman–Crippen LogP) is 0.500. The minimum atomic E-state index is -0.353. The highest BCUT2D eigenvalue weighted by atomic mass is 19.1. The normalized spacial score (nSPS) is 19.4. The van der Waals surface area contributed by atoms with Crippen LogP contribution in [0.1, 0.15) is 0 Å². The third-order valence-electron chi connectivity index (χ3n) is 5.47. The lowest BCUT2D eigenvalue weighted by molar-refractivity contribution is 0.312. The van der Waals surface area contributed by atoms with E-state index >= 15 is 0 Å². The molecule has 2 aromatic rings. The second kappa shape index (κ2) is 6.72. The number of anilines is 3. The van der Waals surface area contributed by atoms with Gasteiger partial charge in [-0.05, 0) is 31.3 Å². The molecule has 0 aliphatic carbocycles. The van der Waals surface area contributed by atoms with Crippen molar-refractivity contribution in [3.8, 4) is 0 Å². The molecule has 0 radical (unpaired) electrons. The van der Waals surface area contributed by atoms with Gasteiger partial charge in [-0.2, -0.15) is 0 Å². The van der Waals surface area contributed by atoms with Crippen LogP contribution in [0.5, 0.6) is 0 Å². The number of hydrogen-bond acceptors (Lipinski definition) is 6. The zero-order valence-electron chi connectivity index (χ0n) is 14.9. The van der Waals surface area contributed by atoms with Crippen molar-refractivity contribution in [3.63, 3.8) is 0 Å². The maximum absolute atomic E-state index is 13.1. The SMILES string of the molecule is CN1CCN(c2c(N3CCN(c4ccc(F)cc4)CC3)c(=O)c2=O)CC1. The van der Waals surface area contributed by atoms with Gasteiger partial charge in [-0.25, -0.2) is 4.39 Å². The van der Waals surface area contributed by atoms with E-state index in [0.29, 0.717) is 24.5 Å². The first-order valence-electron chi connectivity index (χ1n) is 9.07. The monoisotopic (exact) mass is 358 g/mol. The van der Waals surface area contributed by atoms with Crippen LogP contribution in [0.25, 0.3) is 0 Å². The molecule has 0 bridgehead atoms. The van der Waals surface area contributed by atoms with Crippen LogP contribution >= 0.6 is 0 Å². The van der Waals surface area contributed by atoms with Gasteiger partial charge in [0.25, 0.3) is 10.9 Å². The summed E-state index contributed by atoms with van der Waals surface area (Å²) < 4.78 is 13.1. The van der Waals surface area contributed by atoms with E-state index in [-0.39, 0.29) is 16.7 Å². The number of likely N-dealkylation sites (N-methyl/N-ethyl adjacent to an activating group) is 1. The van der Waals surface area contributed by atoms with E-state index in [1.54, 1.807) is 12.1 Å². The molecule has 0 spiro atoms. The Bertz CT molecular complexity index is 843. The molecular formula is C19H23FN4O2. The minimum Gasteiger partial charge on any atom is -0.368 e. The van der Waals surface area contributed by atoms with Gasteiger partial charge in [0.1, 0.15) is 17.2 Å². The van der Waals surface area contributed by atoms with Gasteiger partial charge in [0.15, 0.2) is 0 Å². The zero-order chi connectivity index (χ0) is 18.3. The van der Waals surface area contributed by atoms with Gasteiger partial charge in [-0.15, -0.1) is 0 Å². The van der Waals surface area contributed by atoms with E-state index in [0.717, 1.165) is 45.0 Å². The Morgan fingerprint density at radius 2 is 1.12 bits per heavy atom. The molecule has 0 saturated carbocycles. The average Bonchev–Trinajstić information content (AvgIpc) is 2.67. The molecule has 0 unspecified atom stereocenters. The number of rotatable bonds is 3. The summed E-state index contributed by atoms with van der Waals surface area (Å²) in [5.74, 6) is -0.243. The lowest BCUT2D eigenvalue weighted by Gasteiger charge is -2.41. The van der Waals surface area contributed by atoms with Crippen LogP contribution in [0.4, 0.5) is 21.5 Å². The van der Waals surface area contributed by atoms with Crippen molar-refractivity contribution in [2.75, 3.05) is 74.1 Å². The maximum atomic E-state index is 13.1. The molecule has 26 heavy (non-hydrogen) atoms. The molecular weight excluding hydrogens is 335 g/mol. The Morgan fingerprint density at radius 1 is 0.692 bits per heavy atom. The largest absolute Gasteiger partial charge is 0.368 e. The van der Waals surface area contributed by atoms with Crippen LogP contribution in [0.3, 0.4) is 0 Å². The Labute approximate surface area is 151 Å². The highest BCUT2D eigenvalue weighted by Crippen LogP contribution is 2.27. The van der Waals surface area contributed by atoms with Gasteiger partial charge in [-0.1, -0.05) is 0 Å². The fourth-order valence-corrected chi connectivity index (χ4v) is 3.82. The summed E-state index contributed by atoms with van der Waals surface area (Å²) in [6, 6.07) is 6.48. The van der Waals surface area contributed by atoms with Crippen LogP contribution in [0.15, 0.2) is 33.9 Å². The van der Waals surface area contributed by atoms with Crippen molar-refractivity contribution >= 4 is 17.1 Å². The lowest BCUT2D eigenvalue weighted by Crippen LogP contribution is -2.55. The predicted molar refractivity (Wildman–Crippen MR) is 102 cm³/mol. The topological polar surface area (TPSA) is 47.1 Å². The minimum absolute atomic E-state index is 0.243. The molecule has 6 nitrogen and oxygen atoms in total. The Hall–Kier alpha value is -2.41. The van der Waals surface area contributed by atoms with Crippen LogP contribution in [-0.2, 0) is 0 Å². The van der Waals surface area contributed by atoms with Crippen molar-refractivity contribution in [2.24, 2.45) is 0 Å². The van der Waals surface area contributed by atoms with Gasteiger partial charge in [0, 0.05) is 58.0 Å². The number of nitrogens with zero attached hydrogens (tertiary/aromatic N) is 4. The van der Waals surface area contributed by atoms with Crippen LogP contribution < -0.4 is 25.6 Å². The van der Waals surface area contributed by atoms with Crippen LogP contribution in [-0.4, -0.2) is 64.3 Å². The van der Waals surface area contributed by atoms with E-state index in [2.05, 4.69) is 21.7 Å². The van der Waals surface area contributed by atoms with Crippen LogP contribution in [0, 0.1) is 5.82 Å². The van der Waals surface area contributed by atoms with Crippen molar-refractivity contribution in [1.29, 1.82) is 0 Å². The quantitative estimate of drug-likeness (QED) is 0.745. The zero-order valence-corrected chi connectivity index (χ0v) is 14.9. The first-order chi connectivity index (χ1) is 12.5. The summed E-state index contributed by atoms with van der Waals surface area (Å²) in [4.78, 5) is 32.9. The number of piperazine rings is 2. The highest BCUT2D eigenvalue weighted by Gasteiger charge is 2.32. The standard InChI is InChI=1S/C19H23FN4O2/c1-21-6-8-23(9-7-21)16-17(19(26)18(16)25)24-12-10-22(11-13-24)15-4-2-14(20)3-5-15/h2-5H,6-13H2,1H3. The van der Waals surface area contributed by atoms with Gasteiger partial charge >= 0.3 is 0 Å². The Balaban J connectivity index is 1.47. The third-order valence-corrected chi connectivity index (χ3v) is 5.47. The summed E-state index contributed by atoms with van der Waals surface area (Å²) >= 11 is 0. The van der Waals surface area contributed by atoms with E-state index in [1.807, 2.05) is 4.90 Å². The molecule has 7 heteroatoms. The molecule has 2 aliphatic rings. The summed E-state index contributed by atoms with van der Waals surface area (Å²) in [6.07, 6.45) is 0. The fourth-order valence-electron chi connectivity index (χ4n) is 3.82. The number of hydrogen-bond donors (Lipinski definition) is 0. The van der Waals surface area contributed by atoms with E-state index < -0.39 is 0 Å². The highest BCUT2D eigenvalue weighted by molar-refractivity contribution is 5.77. The first-order valence-corrected chi connectivity index (χ1v) is 9.07. The van der Waals surface area contributed by atoms with Gasteiger partial charge < -0.3 is 19.6 Å². The van der Waals surface area contributed by atoms with E-state index in [9.17, 15) is 14.0 Å². The second-order valence-corrected chi connectivity index (χ2v) is 7.10. The third kappa shape index (κ3) is 2.96. The van der Waals surface area contributed by atoms with Crippen molar-refractivity contribution < 1.29 is 4.39 Å². The van der Waals surface area contributed by atoms with Crippen molar-refractivity contribution in [3.05, 3.63) is 50.5 Å². The van der Waals surface area contributed by atoms with Crippen molar-refractivity contribution in [1.82, 2.24) is 4.90 Å². The maximum Gasteiger partial charge on any atom is 0.253 e. The summed E-state index contributed by atoms with van der Waals surface area (Å²) in [7, 11) is 2.06. The molecule has 138 valence electrons. The number of halogens is 1. The molecule has 0 aromatic heterocycles. The van der Waals surface area contributed by atoms with E-state index in [4.69, 9.17) is 0 Å². The first kappa shape index (κ1) is 17.0. The van der Waals surface area contributed by atoms with Crippen LogP contribution in [0.2, 0.25) is 0 Å². The second-order valence-electron chi connectivity index (χ2n) is 7.10. The van der Waals surface area contributed by atoms with E-state index in [1.165, 1.54) is 12.1 Å². The molecule has 0 N–H and O–H groups in total. The molecule has 2 fully saturated rings. The fraction of sp³-hybridized carbons (Fsp3) is 0.474. The van der Waals surface area contributed by atoms with Gasteiger partial charge in [0.05, 0.1) is 0 Å². The average molecular weight is 358 g/mol. The molecule has 2 saturated heterocycles. The molecule has 0 amide bonds. The van der Waals surface area contributed by atoms with Gasteiger partial charge in [-0.3, -0.25) is 9.59 Å². The Morgan fingerprint density at radius 3 is 1.62 bits per heavy atom. The molecule has 2 aliphatic heterocycles. The van der Waals surface area contributed by atoms with Gasteiger partial charge in [0.2, 0.25) is 0 Å². The summed E-state index contributed by atoms with van der Waals surface area (Å²) in [5.41, 5.74) is 1.49. The smallest absolute Gasteiger partial charge is 0.253 e. The molecule has 2 aromatic carbocycles. The molecule has 2 heterocycles. The summed E-state index contributed by atoms with van der Waals surface area (Å²) in [5, 5.41) is 0. The Kier molecular flexibility index (Phi) is 4.40. The summed E-state index contributed by atoms with van der Waals surface area (Å²) in [6.45, 7) is 6.21. The lowest BCUT2D eigenvalue weighted by atomic mass is 10.1. The number of benzene rings is 1.